The second kappa shape index (κ2) is 15.4. The second-order valence-corrected chi connectivity index (χ2v) is 14.3. The Balaban J connectivity index is 2.59. The highest BCUT2D eigenvalue weighted by Gasteiger charge is 2.31. The highest BCUT2D eigenvalue weighted by atomic mass is 32.2. The number of aliphatic hydroxyl groups is 1. The summed E-state index contributed by atoms with van der Waals surface area (Å²) < 4.78 is 98.8. The van der Waals surface area contributed by atoms with E-state index in [9.17, 15) is 44.7 Å². The molecule has 43 heavy (non-hydrogen) atoms. The number of allylic oxidation sites excluding steroid dienone is 2. The first-order valence-corrected chi connectivity index (χ1v) is 17.0. The summed E-state index contributed by atoms with van der Waals surface area (Å²) in [7, 11) is -7.01. The summed E-state index contributed by atoms with van der Waals surface area (Å²) in [5.74, 6) is -3.62. The number of aliphatic hydroxyl groups excluding tert-OH is 1. The van der Waals surface area contributed by atoms with Gasteiger partial charge in [-0.05, 0) is 49.1 Å². The van der Waals surface area contributed by atoms with Crippen molar-refractivity contribution in [2.45, 2.75) is 38.7 Å². The van der Waals surface area contributed by atoms with Crippen molar-refractivity contribution < 1.29 is 58.9 Å². The van der Waals surface area contributed by atoms with E-state index in [2.05, 4.69) is 4.74 Å². The van der Waals surface area contributed by atoms with Crippen LogP contribution in [0.1, 0.15) is 25.3 Å². The molecule has 2 rings (SSSR count). The molecule has 1 aliphatic heterocycles. The van der Waals surface area contributed by atoms with Crippen molar-refractivity contribution in [2.24, 2.45) is 0 Å². The molecule has 0 radical (unpaired) electrons. The molecule has 0 saturated heterocycles. The number of carbonyl (C=O) groups excluding carboxylic acids is 2. The zero-order chi connectivity index (χ0) is 32.4. The van der Waals surface area contributed by atoms with Crippen LogP contribution in [0.3, 0.4) is 0 Å². The Morgan fingerprint density at radius 1 is 0.977 bits per heavy atom. The Labute approximate surface area is 248 Å². The Bertz CT molecular complexity index is 1470. The molecule has 0 aliphatic carbocycles. The van der Waals surface area contributed by atoms with Crippen LogP contribution in [0.15, 0.2) is 59.3 Å². The summed E-state index contributed by atoms with van der Waals surface area (Å²) in [6.07, 6.45) is 1.80. The number of esters is 2. The number of carbonyl (C=O) groups is 2. The number of alkyl halides is 3. The molecule has 0 aromatic heterocycles. The van der Waals surface area contributed by atoms with Crippen molar-refractivity contribution in [3.8, 4) is 5.75 Å². The van der Waals surface area contributed by atoms with Gasteiger partial charge in [0, 0.05) is 37.9 Å². The highest BCUT2D eigenvalue weighted by Crippen LogP contribution is 2.28. The summed E-state index contributed by atoms with van der Waals surface area (Å²) in [5, 5.41) is 9.38. The molecule has 1 heterocycles. The van der Waals surface area contributed by atoms with Crippen LogP contribution < -0.4 is 4.74 Å². The van der Waals surface area contributed by atoms with E-state index in [0.717, 1.165) is 24.6 Å². The molecule has 11 nitrogen and oxygen atoms in total. The summed E-state index contributed by atoms with van der Waals surface area (Å²) in [5.41, 5.74) is 0.155. The third-order valence-corrected chi connectivity index (χ3v) is 7.64. The number of halogens is 3. The second-order valence-electron chi connectivity index (χ2n) is 9.81. The van der Waals surface area contributed by atoms with E-state index in [4.69, 9.17) is 9.47 Å². The minimum atomic E-state index is -4.92. The minimum absolute atomic E-state index is 0.0729. The van der Waals surface area contributed by atoms with Crippen molar-refractivity contribution >= 4 is 31.6 Å². The van der Waals surface area contributed by atoms with E-state index in [1.54, 1.807) is 13.0 Å². The zero-order valence-corrected chi connectivity index (χ0v) is 25.4. The molecule has 1 aromatic carbocycles. The molecule has 0 saturated carbocycles. The maximum absolute atomic E-state index is 13.3. The normalized spacial score (nSPS) is 16.3. The van der Waals surface area contributed by atoms with Gasteiger partial charge in [-0.2, -0.15) is 0 Å². The zero-order valence-electron chi connectivity index (χ0n) is 23.8. The molecule has 0 bridgehead atoms. The first kappa shape index (κ1) is 35.8. The average Bonchev–Trinajstić information content (AvgIpc) is 2.84. The van der Waals surface area contributed by atoms with Gasteiger partial charge >= 0.3 is 18.3 Å². The lowest BCUT2D eigenvalue weighted by Crippen LogP contribution is -2.31. The Kier molecular flexibility index (Phi) is 12.8. The molecule has 0 fully saturated rings. The average molecular weight is 654 g/mol. The smallest absolute Gasteiger partial charge is 0.461 e. The largest absolute Gasteiger partial charge is 0.573 e. The molecule has 16 heteroatoms. The Morgan fingerprint density at radius 3 is 2.09 bits per heavy atom. The van der Waals surface area contributed by atoms with Crippen molar-refractivity contribution in [1.29, 1.82) is 0 Å². The maximum atomic E-state index is 13.3. The van der Waals surface area contributed by atoms with Gasteiger partial charge in [-0.3, -0.25) is 0 Å². The molecular formula is C27H34F3NO10S2. The summed E-state index contributed by atoms with van der Waals surface area (Å²) in [6, 6.07) is 4.64. The molecule has 0 amide bonds. The van der Waals surface area contributed by atoms with Crippen LogP contribution in [-0.4, -0.2) is 95.0 Å². The fraction of sp³-hybridized carbons (Fsp3) is 0.481. The number of sulfone groups is 2. The van der Waals surface area contributed by atoms with Crippen LogP contribution in [0.2, 0.25) is 0 Å². The standard InChI is InChI=1S/C27H34F3NO10S2/c1-19-14-20(7-5-9-32)16-23(25(33)39-10-12-42(2,35)36)24(26(34)40-11-13-43(3,37)38)18-31(19)17-21-6-4-8-22(15-21)41-27(28,29)30/h4,6,8,14-16,18-19,32H,5,7,9-13,17H2,1-3H3. The van der Waals surface area contributed by atoms with Crippen LogP contribution in [0.4, 0.5) is 13.2 Å². The predicted octanol–water partition coefficient (Wildman–Crippen LogP) is 2.47. The van der Waals surface area contributed by atoms with E-state index in [1.165, 1.54) is 29.3 Å². The van der Waals surface area contributed by atoms with Crippen molar-refractivity contribution in [2.75, 3.05) is 43.8 Å². The molecule has 240 valence electrons. The van der Waals surface area contributed by atoms with Crippen LogP contribution >= 0.6 is 0 Å². The van der Waals surface area contributed by atoms with Gasteiger partial charge in [0.1, 0.15) is 19.0 Å². The van der Waals surface area contributed by atoms with Gasteiger partial charge in [0.15, 0.2) is 19.7 Å². The van der Waals surface area contributed by atoms with E-state index < -0.39 is 74.5 Å². The lowest BCUT2D eigenvalue weighted by atomic mass is 9.97. The molecule has 1 atom stereocenters. The van der Waals surface area contributed by atoms with Gasteiger partial charge in [-0.15, -0.1) is 13.2 Å². The van der Waals surface area contributed by atoms with E-state index in [1.807, 2.05) is 0 Å². The first-order chi connectivity index (χ1) is 19.9. The number of rotatable bonds is 14. The SMILES string of the molecule is CC1C=C(CCCO)C=C(C(=O)OCCS(C)(=O)=O)C(C(=O)OCCS(C)(=O)=O)=CN1Cc1cccc(OC(F)(F)F)c1. The quantitative estimate of drug-likeness (QED) is 0.295. The third-order valence-electron chi connectivity index (χ3n) is 5.83. The van der Waals surface area contributed by atoms with Crippen LogP contribution in [0.5, 0.6) is 5.75 Å². The van der Waals surface area contributed by atoms with Crippen LogP contribution in [-0.2, 0) is 45.3 Å². The van der Waals surface area contributed by atoms with E-state index >= 15 is 0 Å². The van der Waals surface area contributed by atoms with Gasteiger partial charge < -0.3 is 24.2 Å². The van der Waals surface area contributed by atoms with E-state index in [-0.39, 0.29) is 37.1 Å². The fourth-order valence-corrected chi connectivity index (χ4v) is 4.58. The van der Waals surface area contributed by atoms with Gasteiger partial charge in [0.25, 0.3) is 0 Å². The van der Waals surface area contributed by atoms with Crippen LogP contribution in [0.25, 0.3) is 0 Å². The Hall–Kier alpha value is -3.37. The molecular weight excluding hydrogens is 619 g/mol. The van der Waals surface area contributed by atoms with Crippen LogP contribution in [0, 0.1) is 0 Å². The number of hydrogen-bond donors (Lipinski definition) is 1. The lowest BCUT2D eigenvalue weighted by molar-refractivity contribution is -0.274. The molecule has 1 unspecified atom stereocenters. The number of hydrogen-bond acceptors (Lipinski definition) is 11. The summed E-state index contributed by atoms with van der Waals surface area (Å²) >= 11 is 0. The number of ether oxygens (including phenoxy) is 3. The summed E-state index contributed by atoms with van der Waals surface area (Å²) in [4.78, 5) is 28.0. The molecule has 1 aliphatic rings. The topological polar surface area (TPSA) is 154 Å². The lowest BCUT2D eigenvalue weighted by Gasteiger charge is -2.29. The van der Waals surface area contributed by atoms with Crippen molar-refractivity contribution in [3.63, 3.8) is 0 Å². The van der Waals surface area contributed by atoms with Gasteiger partial charge in [-0.1, -0.05) is 18.2 Å². The molecule has 0 spiro atoms. The van der Waals surface area contributed by atoms with Gasteiger partial charge in [0.05, 0.1) is 22.7 Å². The highest BCUT2D eigenvalue weighted by molar-refractivity contribution is 7.90. The number of benzene rings is 1. The predicted molar refractivity (Wildman–Crippen MR) is 150 cm³/mol. The first-order valence-electron chi connectivity index (χ1n) is 12.9. The van der Waals surface area contributed by atoms with Gasteiger partial charge in [0.2, 0.25) is 0 Å². The molecule has 1 aromatic rings. The molecule has 1 N–H and O–H groups in total. The third kappa shape index (κ3) is 13.6. The summed E-state index contributed by atoms with van der Waals surface area (Å²) in [6.45, 7) is 0.399. The monoisotopic (exact) mass is 653 g/mol. The minimum Gasteiger partial charge on any atom is -0.461 e. The van der Waals surface area contributed by atoms with E-state index in [0.29, 0.717) is 11.1 Å². The maximum Gasteiger partial charge on any atom is 0.573 e. The van der Waals surface area contributed by atoms with Crippen molar-refractivity contribution in [1.82, 2.24) is 4.90 Å². The number of nitrogens with zero attached hydrogens (tertiary/aromatic N) is 1. The Morgan fingerprint density at radius 2 is 1.56 bits per heavy atom. The van der Waals surface area contributed by atoms with Gasteiger partial charge in [-0.25, -0.2) is 26.4 Å². The van der Waals surface area contributed by atoms with Crippen molar-refractivity contribution in [3.05, 3.63) is 64.9 Å². The fourth-order valence-electron chi connectivity index (χ4n) is 3.81.